The average molecular weight is 304 g/mol. The van der Waals surface area contributed by atoms with Crippen LogP contribution in [0.1, 0.15) is 18.4 Å². The first-order chi connectivity index (χ1) is 9.27. The number of Topliss-reactive ketones (excluding diaryl/α,β-unsaturated/α-hetero) is 1. The van der Waals surface area contributed by atoms with Gasteiger partial charge in [0.25, 0.3) is 5.78 Å². The van der Waals surface area contributed by atoms with Gasteiger partial charge in [-0.25, -0.2) is 0 Å². The van der Waals surface area contributed by atoms with E-state index in [0.717, 1.165) is 5.56 Å². The van der Waals surface area contributed by atoms with Gasteiger partial charge in [-0.15, -0.1) is 6.58 Å². The molecule has 0 N–H and O–H groups in total. The molecule has 6 heteroatoms. The van der Waals surface area contributed by atoms with Crippen LogP contribution in [0.3, 0.4) is 0 Å². The van der Waals surface area contributed by atoms with Crippen molar-refractivity contribution in [3.8, 4) is 0 Å². The molecule has 0 aliphatic rings. The lowest BCUT2D eigenvalue weighted by molar-refractivity contribution is -0.170. The van der Waals surface area contributed by atoms with E-state index in [1.54, 1.807) is 12.1 Å². The summed E-state index contributed by atoms with van der Waals surface area (Å²) in [6.45, 7) is 5.21. The minimum Gasteiger partial charge on any atom is -0.288 e. The Balaban J connectivity index is 3.04. The van der Waals surface area contributed by atoms with Crippen molar-refractivity contribution in [3.05, 3.63) is 42.5 Å². The SMILES string of the molecule is C=CCC[C@@H](C(=O)C(F)(F)F)S(=O)c1ccc(C)cc1. The summed E-state index contributed by atoms with van der Waals surface area (Å²) in [5.74, 6) is -1.95. The standard InChI is InChI=1S/C14H15F3O2S/c1-3-4-5-12(13(18)14(15,16)17)20(19)11-8-6-10(2)7-9-11/h3,6-9,12H,1,4-5H2,2H3/t12-,20?/m0/s1. The van der Waals surface area contributed by atoms with E-state index in [9.17, 15) is 22.2 Å². The Bertz CT molecular complexity index is 506. The minimum absolute atomic E-state index is 0.137. The van der Waals surface area contributed by atoms with Crippen LogP contribution in [0.5, 0.6) is 0 Å². The number of halogens is 3. The number of alkyl halides is 3. The van der Waals surface area contributed by atoms with Gasteiger partial charge in [0.05, 0.1) is 10.8 Å². The zero-order valence-corrected chi connectivity index (χ0v) is 11.8. The Kier molecular flexibility index (Phi) is 5.68. The first-order valence-corrected chi connectivity index (χ1v) is 7.18. The van der Waals surface area contributed by atoms with Crippen molar-refractivity contribution in [2.75, 3.05) is 0 Å². The zero-order valence-electron chi connectivity index (χ0n) is 10.9. The number of ketones is 1. The Labute approximate surface area is 118 Å². The van der Waals surface area contributed by atoms with E-state index in [-0.39, 0.29) is 17.7 Å². The highest BCUT2D eigenvalue weighted by Crippen LogP contribution is 2.25. The summed E-state index contributed by atoms with van der Waals surface area (Å²) in [7, 11) is -2.02. The molecular weight excluding hydrogens is 289 g/mol. The van der Waals surface area contributed by atoms with Crippen LogP contribution < -0.4 is 0 Å². The summed E-state index contributed by atoms with van der Waals surface area (Å²) < 4.78 is 49.9. The first-order valence-electron chi connectivity index (χ1n) is 5.96. The number of hydrogen-bond donors (Lipinski definition) is 0. The van der Waals surface area contributed by atoms with Gasteiger partial charge in [0, 0.05) is 4.90 Å². The van der Waals surface area contributed by atoms with E-state index < -0.39 is 28.0 Å². The van der Waals surface area contributed by atoms with Crippen molar-refractivity contribution >= 4 is 16.6 Å². The molecule has 0 heterocycles. The Morgan fingerprint density at radius 3 is 2.35 bits per heavy atom. The summed E-state index contributed by atoms with van der Waals surface area (Å²) in [5.41, 5.74) is 0.899. The minimum atomic E-state index is -4.98. The van der Waals surface area contributed by atoms with Crippen LogP contribution in [0.2, 0.25) is 0 Å². The Morgan fingerprint density at radius 1 is 1.35 bits per heavy atom. The van der Waals surface area contributed by atoms with Gasteiger partial charge in [0.1, 0.15) is 5.25 Å². The fourth-order valence-electron chi connectivity index (χ4n) is 1.62. The smallest absolute Gasteiger partial charge is 0.288 e. The van der Waals surface area contributed by atoms with Crippen molar-refractivity contribution < 1.29 is 22.2 Å². The van der Waals surface area contributed by atoms with Crippen molar-refractivity contribution in [2.24, 2.45) is 0 Å². The summed E-state index contributed by atoms with van der Waals surface area (Å²) in [6, 6.07) is 6.26. The topological polar surface area (TPSA) is 34.1 Å². The maximum Gasteiger partial charge on any atom is 0.451 e. The molecule has 0 aliphatic carbocycles. The molecule has 1 rings (SSSR count). The molecule has 0 aromatic heterocycles. The van der Waals surface area contributed by atoms with Gasteiger partial charge in [-0.2, -0.15) is 13.2 Å². The summed E-state index contributed by atoms with van der Waals surface area (Å²) in [5, 5.41) is -1.59. The van der Waals surface area contributed by atoms with Gasteiger partial charge in [-0.05, 0) is 31.9 Å². The Morgan fingerprint density at radius 2 is 1.90 bits per heavy atom. The van der Waals surface area contributed by atoms with Crippen molar-refractivity contribution in [1.82, 2.24) is 0 Å². The second kappa shape index (κ2) is 6.83. The van der Waals surface area contributed by atoms with Crippen molar-refractivity contribution in [2.45, 2.75) is 36.1 Å². The molecule has 0 aliphatic heterocycles. The quantitative estimate of drug-likeness (QED) is 0.753. The number of carbonyl (C=O) groups is 1. The molecule has 0 saturated heterocycles. The van der Waals surface area contributed by atoms with E-state index in [0.29, 0.717) is 0 Å². The lowest BCUT2D eigenvalue weighted by Crippen LogP contribution is -2.37. The molecule has 1 aromatic carbocycles. The number of carbonyl (C=O) groups excluding carboxylic acids is 1. The summed E-state index contributed by atoms with van der Waals surface area (Å²) in [4.78, 5) is 11.6. The zero-order chi connectivity index (χ0) is 15.3. The fraction of sp³-hybridized carbons (Fsp3) is 0.357. The van der Waals surface area contributed by atoms with Crippen LogP contribution in [0, 0.1) is 6.92 Å². The van der Waals surface area contributed by atoms with Gasteiger partial charge in [0.2, 0.25) is 0 Å². The third-order valence-corrected chi connectivity index (χ3v) is 4.42. The average Bonchev–Trinajstić information content (AvgIpc) is 2.38. The highest BCUT2D eigenvalue weighted by Gasteiger charge is 2.45. The number of aryl methyl sites for hydroxylation is 1. The van der Waals surface area contributed by atoms with E-state index in [4.69, 9.17) is 0 Å². The van der Waals surface area contributed by atoms with Crippen molar-refractivity contribution in [1.29, 1.82) is 0 Å². The van der Waals surface area contributed by atoms with E-state index in [1.165, 1.54) is 18.2 Å². The first kappa shape index (κ1) is 16.6. The van der Waals surface area contributed by atoms with Gasteiger partial charge in [-0.1, -0.05) is 23.8 Å². The lowest BCUT2D eigenvalue weighted by Gasteiger charge is -2.16. The van der Waals surface area contributed by atoms with Gasteiger partial charge in [-0.3, -0.25) is 9.00 Å². The van der Waals surface area contributed by atoms with Crippen LogP contribution >= 0.6 is 0 Å². The van der Waals surface area contributed by atoms with Gasteiger partial charge >= 0.3 is 6.18 Å². The lowest BCUT2D eigenvalue weighted by atomic mass is 10.1. The molecule has 1 aromatic rings. The van der Waals surface area contributed by atoms with E-state index in [1.807, 2.05) is 6.92 Å². The largest absolute Gasteiger partial charge is 0.451 e. The normalized spacial score (nSPS) is 14.6. The molecule has 0 bridgehead atoms. The maximum atomic E-state index is 12.6. The third kappa shape index (κ3) is 4.30. The highest BCUT2D eigenvalue weighted by atomic mass is 32.2. The molecule has 2 nitrogen and oxygen atoms in total. The highest BCUT2D eigenvalue weighted by molar-refractivity contribution is 7.86. The molecule has 110 valence electrons. The molecule has 0 spiro atoms. The van der Waals surface area contributed by atoms with Crippen LogP contribution in [0.25, 0.3) is 0 Å². The number of benzene rings is 1. The van der Waals surface area contributed by atoms with Crippen LogP contribution in [0.15, 0.2) is 41.8 Å². The van der Waals surface area contributed by atoms with E-state index >= 15 is 0 Å². The fourth-order valence-corrected chi connectivity index (χ4v) is 3.03. The molecule has 1 unspecified atom stereocenters. The third-order valence-electron chi connectivity index (χ3n) is 2.72. The molecule has 20 heavy (non-hydrogen) atoms. The number of allylic oxidation sites excluding steroid dienone is 1. The predicted octanol–water partition coefficient (Wildman–Crippen LogP) is 3.57. The van der Waals surface area contributed by atoms with E-state index in [2.05, 4.69) is 6.58 Å². The van der Waals surface area contributed by atoms with Crippen LogP contribution in [-0.2, 0) is 15.6 Å². The molecule has 0 radical (unpaired) electrons. The molecular formula is C14H15F3O2S. The molecule has 2 atom stereocenters. The predicted molar refractivity (Wildman–Crippen MR) is 71.9 cm³/mol. The molecule has 0 fully saturated rings. The molecule has 0 amide bonds. The second-order valence-electron chi connectivity index (χ2n) is 4.33. The second-order valence-corrected chi connectivity index (χ2v) is 5.96. The number of hydrogen-bond acceptors (Lipinski definition) is 2. The summed E-state index contributed by atoms with van der Waals surface area (Å²) >= 11 is 0. The van der Waals surface area contributed by atoms with Gasteiger partial charge < -0.3 is 0 Å². The van der Waals surface area contributed by atoms with Crippen LogP contribution in [-0.4, -0.2) is 21.4 Å². The molecule has 0 saturated carbocycles. The number of rotatable bonds is 6. The Hall–Kier alpha value is -1.43. The van der Waals surface area contributed by atoms with Gasteiger partial charge in [0.15, 0.2) is 0 Å². The summed E-state index contributed by atoms with van der Waals surface area (Å²) in [6.07, 6.45) is -3.51. The maximum absolute atomic E-state index is 12.6. The monoisotopic (exact) mass is 304 g/mol. The van der Waals surface area contributed by atoms with Crippen LogP contribution in [0.4, 0.5) is 13.2 Å². The van der Waals surface area contributed by atoms with Crippen molar-refractivity contribution in [3.63, 3.8) is 0 Å².